The van der Waals surface area contributed by atoms with Crippen molar-refractivity contribution < 1.29 is 19.0 Å². The fourth-order valence-electron chi connectivity index (χ4n) is 2.58. The number of carbonyl (C=O) groups excluding carboxylic acids is 1. The second-order valence-electron chi connectivity index (χ2n) is 6.40. The SMILES string of the molecule is CN=C(NCCOc1cccc(NC(C)=O)c1)Nc1cccc(OCCCOC)c1.I. The van der Waals surface area contributed by atoms with Crippen LogP contribution in [0.15, 0.2) is 53.5 Å². The summed E-state index contributed by atoms with van der Waals surface area (Å²) in [4.78, 5) is 15.4. The molecule has 2 rings (SSSR count). The molecular formula is C22H31IN4O4. The lowest BCUT2D eigenvalue weighted by molar-refractivity contribution is -0.114. The Morgan fingerprint density at radius 3 is 2.13 bits per heavy atom. The van der Waals surface area contributed by atoms with E-state index in [1.165, 1.54) is 6.92 Å². The summed E-state index contributed by atoms with van der Waals surface area (Å²) in [5.41, 5.74) is 1.58. The molecular weight excluding hydrogens is 511 g/mol. The molecule has 170 valence electrons. The molecule has 31 heavy (non-hydrogen) atoms. The number of nitrogens with one attached hydrogen (secondary N) is 3. The number of guanidine groups is 1. The maximum atomic E-state index is 11.1. The molecule has 1 amide bonds. The van der Waals surface area contributed by atoms with Gasteiger partial charge in [-0.2, -0.15) is 0 Å². The van der Waals surface area contributed by atoms with Crippen molar-refractivity contribution in [1.82, 2.24) is 5.32 Å². The van der Waals surface area contributed by atoms with Crippen LogP contribution in [0.2, 0.25) is 0 Å². The molecule has 2 aromatic carbocycles. The predicted molar refractivity (Wildman–Crippen MR) is 135 cm³/mol. The van der Waals surface area contributed by atoms with E-state index in [0.29, 0.717) is 43.8 Å². The molecule has 0 heterocycles. The van der Waals surface area contributed by atoms with Gasteiger partial charge in [0.15, 0.2) is 5.96 Å². The Morgan fingerprint density at radius 2 is 1.55 bits per heavy atom. The van der Waals surface area contributed by atoms with Crippen LogP contribution in [0.25, 0.3) is 0 Å². The molecule has 0 aliphatic carbocycles. The molecule has 0 atom stereocenters. The van der Waals surface area contributed by atoms with E-state index >= 15 is 0 Å². The van der Waals surface area contributed by atoms with Gasteiger partial charge in [-0.1, -0.05) is 12.1 Å². The Labute approximate surface area is 200 Å². The van der Waals surface area contributed by atoms with Crippen molar-refractivity contribution >= 4 is 47.2 Å². The molecule has 2 aromatic rings. The molecule has 9 heteroatoms. The van der Waals surface area contributed by atoms with Crippen LogP contribution in [0.5, 0.6) is 11.5 Å². The fraction of sp³-hybridized carbons (Fsp3) is 0.364. The van der Waals surface area contributed by atoms with Crippen LogP contribution in [-0.4, -0.2) is 52.4 Å². The summed E-state index contributed by atoms with van der Waals surface area (Å²) in [5.74, 6) is 1.98. The average molecular weight is 542 g/mol. The summed E-state index contributed by atoms with van der Waals surface area (Å²) >= 11 is 0. The highest BCUT2D eigenvalue weighted by molar-refractivity contribution is 14.0. The molecule has 0 aromatic heterocycles. The lowest BCUT2D eigenvalue weighted by Gasteiger charge is -2.14. The van der Waals surface area contributed by atoms with Gasteiger partial charge in [0.1, 0.15) is 18.1 Å². The average Bonchev–Trinajstić information content (AvgIpc) is 2.73. The Kier molecular flexibility index (Phi) is 13.1. The molecule has 0 saturated carbocycles. The maximum absolute atomic E-state index is 11.1. The summed E-state index contributed by atoms with van der Waals surface area (Å²) in [6.45, 7) is 3.74. The van der Waals surface area contributed by atoms with Gasteiger partial charge in [-0.3, -0.25) is 9.79 Å². The third kappa shape index (κ3) is 10.9. The lowest BCUT2D eigenvalue weighted by atomic mass is 10.3. The van der Waals surface area contributed by atoms with Gasteiger partial charge in [-0.25, -0.2) is 0 Å². The largest absolute Gasteiger partial charge is 0.493 e. The van der Waals surface area contributed by atoms with E-state index in [1.807, 2.05) is 42.5 Å². The quantitative estimate of drug-likeness (QED) is 0.174. The number of hydrogen-bond donors (Lipinski definition) is 3. The van der Waals surface area contributed by atoms with Gasteiger partial charge in [0.25, 0.3) is 0 Å². The molecule has 0 radical (unpaired) electrons. The Balaban J connectivity index is 0.00000480. The summed E-state index contributed by atoms with van der Waals surface area (Å²) < 4.78 is 16.5. The van der Waals surface area contributed by atoms with Crippen LogP contribution in [0.3, 0.4) is 0 Å². The number of anilines is 2. The van der Waals surface area contributed by atoms with Crippen molar-refractivity contribution in [2.75, 3.05) is 51.2 Å². The molecule has 0 aliphatic rings. The number of aliphatic imine (C=N–C) groups is 1. The molecule has 0 aliphatic heterocycles. The highest BCUT2D eigenvalue weighted by atomic mass is 127. The van der Waals surface area contributed by atoms with Gasteiger partial charge in [-0.05, 0) is 24.3 Å². The van der Waals surface area contributed by atoms with E-state index in [0.717, 1.165) is 17.9 Å². The number of rotatable bonds is 11. The number of carbonyl (C=O) groups is 1. The highest BCUT2D eigenvalue weighted by Gasteiger charge is 2.03. The van der Waals surface area contributed by atoms with Crippen molar-refractivity contribution in [2.45, 2.75) is 13.3 Å². The standard InChI is InChI=1S/C22H30N4O4.HI/c1-17(27)25-18-7-4-10-21(15-18)30-14-11-24-22(23-2)26-19-8-5-9-20(16-19)29-13-6-12-28-3;/h4-5,7-10,15-16H,6,11-14H2,1-3H3,(H,25,27)(H2,23,24,26);1H. The van der Waals surface area contributed by atoms with Gasteiger partial charge in [0, 0.05) is 57.6 Å². The first-order valence-corrected chi connectivity index (χ1v) is 9.80. The molecule has 3 N–H and O–H groups in total. The number of hydrogen-bond acceptors (Lipinski definition) is 5. The first-order chi connectivity index (χ1) is 14.6. The zero-order valence-electron chi connectivity index (χ0n) is 18.1. The Bertz CT molecular complexity index is 833. The zero-order chi connectivity index (χ0) is 21.6. The van der Waals surface area contributed by atoms with Crippen molar-refractivity contribution in [3.63, 3.8) is 0 Å². The van der Waals surface area contributed by atoms with E-state index in [2.05, 4.69) is 20.9 Å². The summed E-state index contributed by atoms with van der Waals surface area (Å²) in [5, 5.41) is 9.17. The Morgan fingerprint density at radius 1 is 0.935 bits per heavy atom. The first kappa shape index (κ1) is 26.5. The van der Waals surface area contributed by atoms with E-state index in [-0.39, 0.29) is 29.9 Å². The van der Waals surface area contributed by atoms with Crippen LogP contribution in [0, 0.1) is 0 Å². The molecule has 0 spiro atoms. The van der Waals surface area contributed by atoms with Crippen LogP contribution in [-0.2, 0) is 9.53 Å². The van der Waals surface area contributed by atoms with Crippen molar-refractivity contribution in [1.29, 1.82) is 0 Å². The monoisotopic (exact) mass is 542 g/mol. The van der Waals surface area contributed by atoms with E-state index in [9.17, 15) is 4.79 Å². The topological polar surface area (TPSA) is 93.2 Å². The van der Waals surface area contributed by atoms with Crippen LogP contribution >= 0.6 is 24.0 Å². The smallest absolute Gasteiger partial charge is 0.221 e. The normalized spacial score (nSPS) is 10.6. The van der Waals surface area contributed by atoms with Crippen LogP contribution in [0.4, 0.5) is 11.4 Å². The van der Waals surface area contributed by atoms with Gasteiger partial charge in [-0.15, -0.1) is 24.0 Å². The summed E-state index contributed by atoms with van der Waals surface area (Å²) in [6.07, 6.45) is 0.838. The zero-order valence-corrected chi connectivity index (χ0v) is 20.5. The molecule has 8 nitrogen and oxygen atoms in total. The van der Waals surface area contributed by atoms with E-state index in [4.69, 9.17) is 14.2 Å². The van der Waals surface area contributed by atoms with E-state index < -0.39 is 0 Å². The van der Waals surface area contributed by atoms with Gasteiger partial charge in [0.05, 0.1) is 13.2 Å². The molecule has 0 unspecified atom stereocenters. The number of benzene rings is 2. The van der Waals surface area contributed by atoms with Gasteiger partial charge >= 0.3 is 0 Å². The third-order valence-electron chi connectivity index (χ3n) is 3.90. The minimum Gasteiger partial charge on any atom is -0.493 e. The van der Waals surface area contributed by atoms with E-state index in [1.54, 1.807) is 20.2 Å². The minimum atomic E-state index is -0.117. The molecule has 0 saturated heterocycles. The summed E-state index contributed by atoms with van der Waals surface area (Å²) in [6, 6.07) is 15.0. The molecule has 0 fully saturated rings. The number of ether oxygens (including phenoxy) is 3. The minimum absolute atomic E-state index is 0. The maximum Gasteiger partial charge on any atom is 0.221 e. The fourth-order valence-corrected chi connectivity index (χ4v) is 2.58. The first-order valence-electron chi connectivity index (χ1n) is 9.80. The lowest BCUT2D eigenvalue weighted by Crippen LogP contribution is -2.33. The number of amides is 1. The van der Waals surface area contributed by atoms with Crippen LogP contribution in [0.1, 0.15) is 13.3 Å². The Hall–Kier alpha value is -2.53. The predicted octanol–water partition coefficient (Wildman–Crippen LogP) is 3.74. The number of nitrogens with zero attached hydrogens (tertiary/aromatic N) is 1. The van der Waals surface area contributed by atoms with Crippen LogP contribution < -0.4 is 25.4 Å². The number of methoxy groups -OCH3 is 1. The van der Waals surface area contributed by atoms with Crippen molar-refractivity contribution in [2.24, 2.45) is 4.99 Å². The summed E-state index contributed by atoms with van der Waals surface area (Å²) in [7, 11) is 3.38. The second-order valence-corrected chi connectivity index (χ2v) is 6.40. The van der Waals surface area contributed by atoms with Gasteiger partial charge in [0.2, 0.25) is 5.91 Å². The number of halogens is 1. The highest BCUT2D eigenvalue weighted by Crippen LogP contribution is 2.18. The van der Waals surface area contributed by atoms with Gasteiger partial charge < -0.3 is 30.2 Å². The molecule has 0 bridgehead atoms. The third-order valence-corrected chi connectivity index (χ3v) is 3.90. The van der Waals surface area contributed by atoms with Crippen molar-refractivity contribution in [3.8, 4) is 11.5 Å². The second kappa shape index (κ2) is 15.3. The van der Waals surface area contributed by atoms with Crippen molar-refractivity contribution in [3.05, 3.63) is 48.5 Å².